The summed E-state index contributed by atoms with van der Waals surface area (Å²) in [6.45, 7) is 10.1. The third-order valence-electron chi connectivity index (χ3n) is 6.42. The summed E-state index contributed by atoms with van der Waals surface area (Å²) in [5.74, 6) is -0.0402. The van der Waals surface area contributed by atoms with E-state index in [0.717, 1.165) is 41.6 Å². The number of nitrogens with one attached hydrogen (secondary N) is 3. The first kappa shape index (κ1) is 24.8. The van der Waals surface area contributed by atoms with Gasteiger partial charge in [-0.2, -0.15) is 0 Å². The lowest BCUT2D eigenvalue weighted by molar-refractivity contribution is -0.118. The topological polar surface area (TPSA) is 103 Å². The van der Waals surface area contributed by atoms with E-state index in [1.165, 1.54) is 0 Å². The van der Waals surface area contributed by atoms with Gasteiger partial charge in [0.05, 0.1) is 18.9 Å². The fourth-order valence-corrected chi connectivity index (χ4v) is 4.70. The highest BCUT2D eigenvalue weighted by molar-refractivity contribution is 6.01. The monoisotopic (exact) mass is 455 g/mol. The SMILES string of the molecule is CCCCC(NC(=O)c1[nH]c2c(c1C)C(O)CC(C)(C)C2)C(=O)Nc1ccc(C)cc1OC. The van der Waals surface area contributed by atoms with E-state index in [4.69, 9.17) is 4.74 Å². The number of aliphatic hydroxyl groups is 1. The molecule has 0 fully saturated rings. The Balaban J connectivity index is 1.81. The Morgan fingerprint density at radius 1 is 1.30 bits per heavy atom. The molecule has 1 aromatic heterocycles. The van der Waals surface area contributed by atoms with Gasteiger partial charge in [-0.25, -0.2) is 0 Å². The molecule has 0 saturated carbocycles. The number of carbonyl (C=O) groups excluding carboxylic acids is 2. The Kier molecular flexibility index (Phi) is 7.52. The van der Waals surface area contributed by atoms with E-state index in [-0.39, 0.29) is 17.2 Å². The predicted molar refractivity (Wildman–Crippen MR) is 130 cm³/mol. The minimum Gasteiger partial charge on any atom is -0.495 e. The van der Waals surface area contributed by atoms with Crippen molar-refractivity contribution in [1.29, 1.82) is 0 Å². The summed E-state index contributed by atoms with van der Waals surface area (Å²) in [5.41, 5.74) is 4.43. The van der Waals surface area contributed by atoms with Crippen LogP contribution in [-0.2, 0) is 11.2 Å². The highest BCUT2D eigenvalue weighted by atomic mass is 16.5. The standard InChI is InChI=1S/C26H37N3O4/c1-7-8-9-18(24(31)28-17-11-10-15(2)12-21(17)33-6)29-25(32)23-16(3)22-19(27-23)13-26(4,5)14-20(22)30/h10-12,18,20,27,30H,7-9,13-14H2,1-6H3,(H,28,31)(H,29,32). The lowest BCUT2D eigenvalue weighted by Crippen LogP contribution is -2.44. The first-order valence-electron chi connectivity index (χ1n) is 11.7. The molecule has 2 amide bonds. The molecule has 33 heavy (non-hydrogen) atoms. The Labute approximate surface area is 196 Å². The maximum Gasteiger partial charge on any atom is 0.268 e. The molecule has 1 aromatic carbocycles. The number of aromatic amines is 1. The van der Waals surface area contributed by atoms with Crippen molar-refractivity contribution in [2.45, 2.75) is 78.9 Å². The molecule has 3 rings (SSSR count). The van der Waals surface area contributed by atoms with Crippen molar-refractivity contribution in [1.82, 2.24) is 10.3 Å². The number of methoxy groups -OCH3 is 1. The number of unbranched alkanes of at least 4 members (excludes halogenated alkanes) is 1. The molecule has 7 heteroatoms. The number of carbonyl (C=O) groups is 2. The van der Waals surface area contributed by atoms with Crippen molar-refractivity contribution in [3.63, 3.8) is 0 Å². The van der Waals surface area contributed by atoms with Gasteiger partial charge >= 0.3 is 0 Å². The first-order chi connectivity index (χ1) is 15.6. The zero-order valence-electron chi connectivity index (χ0n) is 20.6. The van der Waals surface area contributed by atoms with Crippen LogP contribution < -0.4 is 15.4 Å². The summed E-state index contributed by atoms with van der Waals surface area (Å²) in [6, 6.07) is 4.87. The molecule has 180 valence electrons. The number of benzene rings is 1. The number of aromatic nitrogens is 1. The van der Waals surface area contributed by atoms with Crippen LogP contribution in [0.25, 0.3) is 0 Å². The number of H-pyrrole nitrogens is 1. The maximum absolute atomic E-state index is 13.2. The second kappa shape index (κ2) is 10.00. The smallest absolute Gasteiger partial charge is 0.268 e. The Bertz CT molecular complexity index is 1020. The molecule has 4 N–H and O–H groups in total. The van der Waals surface area contributed by atoms with Crippen LogP contribution in [0.1, 0.15) is 85.4 Å². The number of rotatable bonds is 8. The lowest BCUT2D eigenvalue weighted by Gasteiger charge is -2.33. The summed E-state index contributed by atoms with van der Waals surface area (Å²) in [4.78, 5) is 29.6. The third-order valence-corrected chi connectivity index (χ3v) is 6.42. The zero-order chi connectivity index (χ0) is 24.3. The van der Waals surface area contributed by atoms with Gasteiger partial charge in [0.25, 0.3) is 5.91 Å². The maximum atomic E-state index is 13.2. The molecule has 2 aromatic rings. The largest absolute Gasteiger partial charge is 0.495 e. The van der Waals surface area contributed by atoms with E-state index >= 15 is 0 Å². The molecule has 2 atom stereocenters. The molecule has 1 heterocycles. The second-order valence-corrected chi connectivity index (χ2v) is 9.94. The van der Waals surface area contributed by atoms with Crippen molar-refractivity contribution in [3.8, 4) is 5.75 Å². The summed E-state index contributed by atoms with van der Waals surface area (Å²) >= 11 is 0. The van der Waals surface area contributed by atoms with E-state index in [1.54, 1.807) is 13.2 Å². The van der Waals surface area contributed by atoms with Gasteiger partial charge in [0.1, 0.15) is 17.5 Å². The van der Waals surface area contributed by atoms with Crippen LogP contribution in [-0.4, -0.2) is 35.1 Å². The minimum absolute atomic E-state index is 0.0475. The van der Waals surface area contributed by atoms with Crippen molar-refractivity contribution < 1.29 is 19.4 Å². The van der Waals surface area contributed by atoms with E-state index in [1.807, 2.05) is 32.9 Å². The normalized spacial score (nSPS) is 17.7. The summed E-state index contributed by atoms with van der Waals surface area (Å²) in [5, 5.41) is 16.5. The lowest BCUT2D eigenvalue weighted by atomic mass is 9.75. The third kappa shape index (κ3) is 5.58. The van der Waals surface area contributed by atoms with E-state index in [2.05, 4.69) is 29.5 Å². The van der Waals surface area contributed by atoms with Crippen molar-refractivity contribution in [3.05, 3.63) is 46.3 Å². The molecule has 0 bridgehead atoms. The van der Waals surface area contributed by atoms with Gasteiger partial charge in [-0.05, 0) is 61.8 Å². The molecule has 1 aliphatic carbocycles. The molecule has 0 aliphatic heterocycles. The minimum atomic E-state index is -0.690. The van der Waals surface area contributed by atoms with Crippen LogP contribution in [0.5, 0.6) is 5.75 Å². The van der Waals surface area contributed by atoms with Gasteiger partial charge < -0.3 is 25.5 Å². The fourth-order valence-electron chi connectivity index (χ4n) is 4.70. The zero-order valence-corrected chi connectivity index (χ0v) is 20.6. The number of aryl methyl sites for hydroxylation is 1. The van der Waals surface area contributed by atoms with Gasteiger partial charge in [-0.3, -0.25) is 9.59 Å². The molecule has 1 aliphatic rings. The Morgan fingerprint density at radius 2 is 2.03 bits per heavy atom. The number of amides is 2. The Morgan fingerprint density at radius 3 is 2.70 bits per heavy atom. The molecular formula is C26H37N3O4. The number of ether oxygens (including phenoxy) is 1. The van der Waals surface area contributed by atoms with Gasteiger partial charge in [-0.1, -0.05) is 39.7 Å². The first-order valence-corrected chi connectivity index (χ1v) is 11.7. The van der Waals surface area contributed by atoms with Gasteiger partial charge in [0, 0.05) is 11.3 Å². The number of hydrogen-bond acceptors (Lipinski definition) is 4. The fraction of sp³-hybridized carbons (Fsp3) is 0.538. The van der Waals surface area contributed by atoms with Gasteiger partial charge in [0.2, 0.25) is 5.91 Å². The van der Waals surface area contributed by atoms with E-state index < -0.39 is 12.1 Å². The van der Waals surface area contributed by atoms with Crippen LogP contribution in [0, 0.1) is 19.3 Å². The molecular weight excluding hydrogens is 418 g/mol. The molecule has 0 radical (unpaired) electrons. The highest BCUT2D eigenvalue weighted by Crippen LogP contribution is 2.42. The number of aliphatic hydroxyl groups excluding tert-OH is 1. The van der Waals surface area contributed by atoms with Gasteiger partial charge in [-0.15, -0.1) is 0 Å². The van der Waals surface area contributed by atoms with Crippen LogP contribution in [0.15, 0.2) is 18.2 Å². The van der Waals surface area contributed by atoms with Crippen LogP contribution in [0.4, 0.5) is 5.69 Å². The van der Waals surface area contributed by atoms with Gasteiger partial charge in [0.15, 0.2) is 0 Å². The van der Waals surface area contributed by atoms with E-state index in [9.17, 15) is 14.7 Å². The van der Waals surface area contributed by atoms with Crippen molar-refractivity contribution in [2.75, 3.05) is 12.4 Å². The molecule has 2 unspecified atom stereocenters. The number of anilines is 1. The van der Waals surface area contributed by atoms with Crippen LogP contribution in [0.2, 0.25) is 0 Å². The number of hydrogen-bond donors (Lipinski definition) is 4. The summed E-state index contributed by atoms with van der Waals surface area (Å²) in [6.07, 6.45) is 3.05. The second-order valence-electron chi connectivity index (χ2n) is 9.94. The van der Waals surface area contributed by atoms with E-state index in [0.29, 0.717) is 30.0 Å². The van der Waals surface area contributed by atoms with Crippen molar-refractivity contribution >= 4 is 17.5 Å². The number of fused-ring (bicyclic) bond motifs is 1. The molecule has 0 saturated heterocycles. The summed E-state index contributed by atoms with van der Waals surface area (Å²) < 4.78 is 5.40. The highest BCUT2D eigenvalue weighted by Gasteiger charge is 2.36. The average Bonchev–Trinajstić information content (AvgIpc) is 3.07. The molecule has 0 spiro atoms. The van der Waals surface area contributed by atoms with Crippen LogP contribution >= 0.6 is 0 Å². The molecule has 7 nitrogen and oxygen atoms in total. The average molecular weight is 456 g/mol. The quantitative estimate of drug-likeness (QED) is 0.468. The van der Waals surface area contributed by atoms with Crippen LogP contribution in [0.3, 0.4) is 0 Å². The predicted octanol–water partition coefficient (Wildman–Crippen LogP) is 4.57. The van der Waals surface area contributed by atoms with Crippen molar-refractivity contribution in [2.24, 2.45) is 5.41 Å². The summed E-state index contributed by atoms with van der Waals surface area (Å²) in [7, 11) is 1.56. The Hall–Kier alpha value is -2.80.